The van der Waals surface area contributed by atoms with Gasteiger partial charge in [0.1, 0.15) is 0 Å². The monoisotopic (exact) mass is 384 g/mol. The van der Waals surface area contributed by atoms with E-state index >= 15 is 0 Å². The van der Waals surface area contributed by atoms with Crippen LogP contribution in [0, 0.1) is 5.92 Å². The zero-order chi connectivity index (χ0) is 19.7. The van der Waals surface area contributed by atoms with Crippen LogP contribution < -0.4 is 15.2 Å². The van der Waals surface area contributed by atoms with Gasteiger partial charge in [-0.3, -0.25) is 14.7 Å². The van der Waals surface area contributed by atoms with Gasteiger partial charge in [0, 0.05) is 38.3 Å². The molecule has 2 aliphatic heterocycles. The summed E-state index contributed by atoms with van der Waals surface area (Å²) >= 11 is 0. The fourth-order valence-electron chi connectivity index (χ4n) is 4.23. The van der Waals surface area contributed by atoms with Crippen LogP contribution in [0.5, 0.6) is 11.5 Å². The van der Waals surface area contributed by atoms with E-state index in [1.165, 1.54) is 6.42 Å². The summed E-state index contributed by atoms with van der Waals surface area (Å²) in [4.78, 5) is 24.9. The van der Waals surface area contributed by atoms with Gasteiger partial charge in [0.15, 0.2) is 11.5 Å². The highest BCUT2D eigenvalue weighted by molar-refractivity contribution is 5.42. The number of fused-ring (bicyclic) bond motifs is 1. The van der Waals surface area contributed by atoms with Crippen LogP contribution in [0.1, 0.15) is 36.6 Å². The van der Waals surface area contributed by atoms with E-state index in [-0.39, 0.29) is 11.3 Å². The number of hydrogen-bond acceptors (Lipinski definition) is 6. The van der Waals surface area contributed by atoms with E-state index in [2.05, 4.69) is 21.7 Å². The van der Waals surface area contributed by atoms with Crippen molar-refractivity contribution in [2.75, 3.05) is 31.6 Å². The molecule has 0 spiro atoms. The number of aromatic nitrogens is 2. The largest absolute Gasteiger partial charge is 0.504 e. The molecule has 150 valence electrons. The predicted molar refractivity (Wildman–Crippen MR) is 108 cm³/mol. The predicted octanol–water partition coefficient (Wildman–Crippen LogP) is 2.28. The number of nitrogens with zero attached hydrogens (tertiary/aromatic N) is 3. The fourth-order valence-corrected chi connectivity index (χ4v) is 4.23. The number of ether oxygens (including phenoxy) is 1. The molecule has 4 rings (SSSR count). The topological polar surface area (TPSA) is 81.7 Å². The first-order chi connectivity index (χ1) is 13.5. The van der Waals surface area contributed by atoms with E-state index in [0.717, 1.165) is 49.4 Å². The Morgan fingerprint density at radius 2 is 2.21 bits per heavy atom. The van der Waals surface area contributed by atoms with Crippen molar-refractivity contribution in [1.29, 1.82) is 0 Å². The second kappa shape index (κ2) is 7.83. The first-order valence-corrected chi connectivity index (χ1v) is 9.98. The summed E-state index contributed by atoms with van der Waals surface area (Å²) in [5.41, 5.74) is 2.76. The maximum Gasteiger partial charge on any atom is 0.255 e. The Balaban J connectivity index is 1.53. The minimum Gasteiger partial charge on any atom is -0.504 e. The number of methoxy groups -OCH3 is 1. The van der Waals surface area contributed by atoms with E-state index in [1.807, 2.05) is 12.1 Å². The lowest BCUT2D eigenvalue weighted by Crippen LogP contribution is -2.39. The highest BCUT2D eigenvalue weighted by atomic mass is 16.5. The second-order valence-electron chi connectivity index (χ2n) is 7.98. The zero-order valence-electron chi connectivity index (χ0n) is 16.6. The molecular formula is C21H28N4O3. The van der Waals surface area contributed by atoms with Gasteiger partial charge in [-0.1, -0.05) is 13.0 Å². The quantitative estimate of drug-likeness (QED) is 0.842. The maximum absolute atomic E-state index is 12.6. The highest BCUT2D eigenvalue weighted by Crippen LogP contribution is 2.28. The van der Waals surface area contributed by atoms with Crippen LogP contribution in [0.15, 0.2) is 23.0 Å². The smallest absolute Gasteiger partial charge is 0.255 e. The van der Waals surface area contributed by atoms with Gasteiger partial charge in [0.25, 0.3) is 5.56 Å². The van der Waals surface area contributed by atoms with Crippen LogP contribution in [0.2, 0.25) is 0 Å². The third-order valence-corrected chi connectivity index (χ3v) is 5.75. The fraction of sp³-hybridized carbons (Fsp3) is 0.524. The normalized spacial score (nSPS) is 20.1. The Morgan fingerprint density at radius 1 is 1.36 bits per heavy atom. The Hall–Kier alpha value is -2.54. The molecule has 0 aliphatic carbocycles. The van der Waals surface area contributed by atoms with E-state index in [9.17, 15) is 9.90 Å². The van der Waals surface area contributed by atoms with Crippen molar-refractivity contribution in [3.05, 3.63) is 45.4 Å². The molecule has 1 aromatic heterocycles. The van der Waals surface area contributed by atoms with Gasteiger partial charge < -0.3 is 14.7 Å². The van der Waals surface area contributed by atoms with Crippen molar-refractivity contribution in [2.24, 2.45) is 5.92 Å². The van der Waals surface area contributed by atoms with Gasteiger partial charge in [-0.05, 0) is 42.9 Å². The van der Waals surface area contributed by atoms with Crippen molar-refractivity contribution < 1.29 is 9.84 Å². The molecule has 0 saturated carbocycles. The molecule has 0 unspecified atom stereocenters. The van der Waals surface area contributed by atoms with Crippen LogP contribution in [-0.2, 0) is 19.5 Å². The van der Waals surface area contributed by atoms with Gasteiger partial charge >= 0.3 is 0 Å². The summed E-state index contributed by atoms with van der Waals surface area (Å²) in [7, 11) is 1.55. The first kappa shape index (κ1) is 18.8. The van der Waals surface area contributed by atoms with Crippen molar-refractivity contribution >= 4 is 5.95 Å². The van der Waals surface area contributed by atoms with E-state index < -0.39 is 0 Å². The third kappa shape index (κ3) is 3.85. The summed E-state index contributed by atoms with van der Waals surface area (Å²) in [5.74, 6) is 1.95. The standard InChI is InChI=1S/C21H28N4O3/c1-14-4-3-8-25(11-14)21-22-17-13-24(9-7-16(17)20(27)23-21)12-15-5-6-18(26)19(10-15)28-2/h5-6,10,14,26H,3-4,7-9,11-13H2,1-2H3,(H,22,23,27)/t14-/m0/s1. The molecule has 0 bridgehead atoms. The van der Waals surface area contributed by atoms with E-state index in [1.54, 1.807) is 13.2 Å². The summed E-state index contributed by atoms with van der Waals surface area (Å²) in [6, 6.07) is 5.42. The molecule has 0 amide bonds. The number of H-pyrrole nitrogens is 1. The number of aromatic amines is 1. The van der Waals surface area contributed by atoms with Crippen molar-refractivity contribution in [3.63, 3.8) is 0 Å². The van der Waals surface area contributed by atoms with E-state index in [0.29, 0.717) is 30.6 Å². The van der Waals surface area contributed by atoms with Crippen molar-refractivity contribution in [1.82, 2.24) is 14.9 Å². The number of benzene rings is 1. The molecule has 2 aliphatic rings. The summed E-state index contributed by atoms with van der Waals surface area (Å²) in [6.45, 7) is 6.32. The number of anilines is 1. The van der Waals surface area contributed by atoms with Gasteiger partial charge in [-0.2, -0.15) is 0 Å². The molecule has 2 N–H and O–H groups in total. The van der Waals surface area contributed by atoms with Crippen molar-refractivity contribution in [3.8, 4) is 11.5 Å². The molecule has 7 heteroatoms. The Labute approximate surface area is 165 Å². The first-order valence-electron chi connectivity index (χ1n) is 9.98. The molecule has 3 heterocycles. The molecule has 1 saturated heterocycles. The summed E-state index contributed by atoms with van der Waals surface area (Å²) < 4.78 is 5.21. The molecule has 0 radical (unpaired) electrons. The molecule has 1 atom stereocenters. The molecular weight excluding hydrogens is 356 g/mol. The SMILES string of the molecule is COc1cc(CN2CCc3c(nc(N4CCC[C@H](C)C4)[nH]c3=O)C2)ccc1O. The lowest BCUT2D eigenvalue weighted by atomic mass is 10.0. The minimum atomic E-state index is 0.00387. The van der Waals surface area contributed by atoms with Crippen LogP contribution in [0.4, 0.5) is 5.95 Å². The van der Waals surface area contributed by atoms with Crippen LogP contribution in [-0.4, -0.2) is 46.7 Å². The molecule has 2 aromatic rings. The number of nitrogens with one attached hydrogen (secondary N) is 1. The van der Waals surface area contributed by atoms with Gasteiger partial charge in [-0.25, -0.2) is 4.98 Å². The lowest BCUT2D eigenvalue weighted by molar-refractivity contribution is 0.240. The van der Waals surface area contributed by atoms with Gasteiger partial charge in [0.2, 0.25) is 5.95 Å². The van der Waals surface area contributed by atoms with Crippen LogP contribution in [0.25, 0.3) is 0 Å². The molecule has 28 heavy (non-hydrogen) atoms. The van der Waals surface area contributed by atoms with Gasteiger partial charge in [0.05, 0.1) is 12.8 Å². The Morgan fingerprint density at radius 3 is 3.00 bits per heavy atom. The molecule has 7 nitrogen and oxygen atoms in total. The molecule has 1 fully saturated rings. The number of piperidine rings is 1. The number of phenolic OH excluding ortho intramolecular Hbond substituents is 1. The lowest BCUT2D eigenvalue weighted by Gasteiger charge is -2.33. The zero-order valence-corrected chi connectivity index (χ0v) is 16.6. The Bertz CT molecular complexity index is 911. The molecule has 1 aromatic carbocycles. The number of phenols is 1. The van der Waals surface area contributed by atoms with Crippen molar-refractivity contribution in [2.45, 2.75) is 39.3 Å². The number of rotatable bonds is 4. The Kier molecular flexibility index (Phi) is 5.26. The average Bonchev–Trinajstić information content (AvgIpc) is 2.69. The average molecular weight is 384 g/mol. The van der Waals surface area contributed by atoms with Crippen LogP contribution in [0.3, 0.4) is 0 Å². The number of aromatic hydroxyl groups is 1. The maximum atomic E-state index is 12.6. The summed E-state index contributed by atoms with van der Waals surface area (Å²) in [5, 5.41) is 9.78. The number of hydrogen-bond donors (Lipinski definition) is 2. The highest BCUT2D eigenvalue weighted by Gasteiger charge is 2.24. The minimum absolute atomic E-state index is 0.00387. The van der Waals surface area contributed by atoms with Crippen LogP contribution >= 0.6 is 0 Å². The van der Waals surface area contributed by atoms with E-state index in [4.69, 9.17) is 9.72 Å². The van der Waals surface area contributed by atoms with Gasteiger partial charge in [-0.15, -0.1) is 0 Å². The summed E-state index contributed by atoms with van der Waals surface area (Å²) in [6.07, 6.45) is 3.07. The second-order valence-corrected chi connectivity index (χ2v) is 7.98. The third-order valence-electron chi connectivity index (χ3n) is 5.75.